The van der Waals surface area contributed by atoms with Gasteiger partial charge in [-0.1, -0.05) is 12.1 Å². The van der Waals surface area contributed by atoms with Crippen LogP contribution in [0.3, 0.4) is 0 Å². The van der Waals surface area contributed by atoms with Crippen LogP contribution in [0.25, 0.3) is 0 Å². The second-order valence-electron chi connectivity index (χ2n) is 9.83. The number of imide groups is 1. The van der Waals surface area contributed by atoms with E-state index in [1.807, 2.05) is 4.90 Å². The zero-order valence-corrected chi connectivity index (χ0v) is 20.7. The van der Waals surface area contributed by atoms with Crippen molar-refractivity contribution in [3.05, 3.63) is 53.5 Å². The van der Waals surface area contributed by atoms with Crippen LogP contribution in [0.5, 0.6) is 0 Å². The molecule has 1 N–H and O–H groups in total. The second kappa shape index (κ2) is 10.7. The monoisotopic (exact) mass is 491 g/mol. The van der Waals surface area contributed by atoms with Gasteiger partial charge in [0.25, 0.3) is 11.8 Å². The number of carbonyl (C=O) groups is 3. The molecule has 1 unspecified atom stereocenters. The molecule has 2 aromatic heterocycles. The van der Waals surface area contributed by atoms with Crippen LogP contribution in [0.4, 0.5) is 5.82 Å². The number of nitrogens with zero attached hydrogens (tertiary/aromatic N) is 4. The number of ether oxygens (including phenoxy) is 1. The number of aromatic nitrogens is 2. The van der Waals surface area contributed by atoms with Crippen LogP contribution in [-0.2, 0) is 32.0 Å². The van der Waals surface area contributed by atoms with E-state index >= 15 is 0 Å². The minimum absolute atomic E-state index is 0.0258. The van der Waals surface area contributed by atoms with Crippen molar-refractivity contribution in [3.8, 4) is 0 Å². The SMILES string of the molecule is CCOC(=O)[C@H](CN1C(=O)C(N2CCCC(Cc3ccc4c(n3)NCCC4)C2)C1=O)c1cccnc1. The predicted octanol–water partition coefficient (Wildman–Crippen LogP) is 2.17. The van der Waals surface area contributed by atoms with E-state index in [1.54, 1.807) is 31.5 Å². The third-order valence-electron chi connectivity index (χ3n) is 7.39. The van der Waals surface area contributed by atoms with Crippen LogP contribution in [0.1, 0.15) is 48.9 Å². The van der Waals surface area contributed by atoms with E-state index in [0.29, 0.717) is 18.0 Å². The Balaban J connectivity index is 1.22. The van der Waals surface area contributed by atoms with Gasteiger partial charge < -0.3 is 10.1 Å². The lowest BCUT2D eigenvalue weighted by Crippen LogP contribution is -2.69. The summed E-state index contributed by atoms with van der Waals surface area (Å²) in [6.45, 7) is 4.30. The fourth-order valence-corrected chi connectivity index (χ4v) is 5.54. The number of likely N-dealkylation sites (tertiary alicyclic amines) is 2. The Morgan fingerprint density at radius 3 is 2.86 bits per heavy atom. The molecule has 9 heteroatoms. The molecule has 0 spiro atoms. The summed E-state index contributed by atoms with van der Waals surface area (Å²) in [5.74, 6) is -0.351. The van der Waals surface area contributed by atoms with Crippen molar-refractivity contribution in [2.75, 3.05) is 38.1 Å². The van der Waals surface area contributed by atoms with Gasteiger partial charge in [0.05, 0.1) is 6.61 Å². The van der Waals surface area contributed by atoms with Gasteiger partial charge in [-0.3, -0.25) is 29.2 Å². The highest BCUT2D eigenvalue weighted by molar-refractivity contribution is 6.21. The van der Waals surface area contributed by atoms with Gasteiger partial charge in [-0.15, -0.1) is 0 Å². The molecular formula is C27H33N5O4. The largest absolute Gasteiger partial charge is 0.465 e. The third kappa shape index (κ3) is 4.97. The number of rotatable bonds is 8. The van der Waals surface area contributed by atoms with Gasteiger partial charge in [-0.05, 0) is 74.8 Å². The topological polar surface area (TPSA) is 105 Å². The molecule has 3 aliphatic rings. The molecule has 2 saturated heterocycles. The van der Waals surface area contributed by atoms with E-state index in [1.165, 1.54) is 10.5 Å². The Labute approximate surface area is 211 Å². The van der Waals surface area contributed by atoms with Crippen LogP contribution in [0.15, 0.2) is 36.7 Å². The van der Waals surface area contributed by atoms with Crippen molar-refractivity contribution in [3.63, 3.8) is 0 Å². The van der Waals surface area contributed by atoms with Crippen molar-refractivity contribution in [2.45, 2.75) is 51.0 Å². The lowest BCUT2D eigenvalue weighted by atomic mass is 9.89. The van der Waals surface area contributed by atoms with E-state index in [0.717, 1.165) is 56.7 Å². The van der Waals surface area contributed by atoms with Gasteiger partial charge in [-0.2, -0.15) is 0 Å². The molecule has 2 aromatic rings. The van der Waals surface area contributed by atoms with Gasteiger partial charge in [0, 0.05) is 37.7 Å². The first-order valence-electron chi connectivity index (χ1n) is 12.9. The van der Waals surface area contributed by atoms with E-state index in [2.05, 4.69) is 22.4 Å². The number of esters is 1. The molecule has 3 aliphatic heterocycles. The van der Waals surface area contributed by atoms with Gasteiger partial charge >= 0.3 is 5.97 Å². The lowest BCUT2D eigenvalue weighted by molar-refractivity contribution is -0.169. The maximum Gasteiger partial charge on any atom is 0.315 e. The minimum atomic E-state index is -0.761. The summed E-state index contributed by atoms with van der Waals surface area (Å²) in [4.78, 5) is 50.9. The number of carbonyl (C=O) groups excluding carboxylic acids is 3. The minimum Gasteiger partial charge on any atom is -0.465 e. The van der Waals surface area contributed by atoms with Crippen molar-refractivity contribution in [1.29, 1.82) is 0 Å². The van der Waals surface area contributed by atoms with Crippen molar-refractivity contribution in [2.24, 2.45) is 5.92 Å². The molecule has 2 atom stereocenters. The zero-order chi connectivity index (χ0) is 25.1. The van der Waals surface area contributed by atoms with Gasteiger partial charge in [-0.25, -0.2) is 4.98 Å². The summed E-state index contributed by atoms with van der Waals surface area (Å²) in [5, 5.41) is 3.39. The molecule has 9 nitrogen and oxygen atoms in total. The summed E-state index contributed by atoms with van der Waals surface area (Å²) in [5.41, 5.74) is 2.95. The Hall–Kier alpha value is -3.33. The lowest BCUT2D eigenvalue weighted by Gasteiger charge is -2.45. The number of nitrogens with one attached hydrogen (secondary N) is 1. The molecule has 0 saturated carbocycles. The van der Waals surface area contributed by atoms with Crippen LogP contribution in [0.2, 0.25) is 0 Å². The Morgan fingerprint density at radius 2 is 2.08 bits per heavy atom. The summed E-state index contributed by atoms with van der Waals surface area (Å²) in [7, 11) is 0. The van der Waals surface area contributed by atoms with E-state index in [9.17, 15) is 14.4 Å². The fourth-order valence-electron chi connectivity index (χ4n) is 5.54. The quantitative estimate of drug-likeness (QED) is 0.340. The molecule has 190 valence electrons. The summed E-state index contributed by atoms with van der Waals surface area (Å²) >= 11 is 0. The number of piperidine rings is 1. The molecule has 2 amide bonds. The first-order valence-corrected chi connectivity index (χ1v) is 12.9. The molecule has 2 fully saturated rings. The Morgan fingerprint density at radius 1 is 1.22 bits per heavy atom. The van der Waals surface area contributed by atoms with Gasteiger partial charge in [0.2, 0.25) is 0 Å². The summed E-state index contributed by atoms with van der Waals surface area (Å²) in [6.07, 6.45) is 8.20. The molecule has 0 radical (unpaired) electrons. The normalized spacial score (nSPS) is 21.4. The Bertz CT molecular complexity index is 1110. The number of β-lactam (4-membered cyclic amide) rings is 2. The number of hydrogen-bond acceptors (Lipinski definition) is 8. The summed E-state index contributed by atoms with van der Waals surface area (Å²) < 4.78 is 5.21. The number of amides is 2. The van der Waals surface area contributed by atoms with Crippen molar-refractivity contribution in [1.82, 2.24) is 19.8 Å². The van der Waals surface area contributed by atoms with E-state index in [-0.39, 0.29) is 25.0 Å². The standard InChI is InChI=1S/C27H33N5O4/c1-2-36-27(35)22(20-8-3-11-28-15-20)17-32-25(33)23(26(32)34)31-13-5-6-18(16-31)14-21-10-9-19-7-4-12-29-24(19)30-21/h3,8-11,15,18,22-23H,2,4-7,12-14,16-17H2,1H3,(H,29,30)/t18?,22-/m1/s1. The van der Waals surface area contributed by atoms with E-state index < -0.39 is 17.9 Å². The highest BCUT2D eigenvalue weighted by Gasteiger charge is 2.51. The molecule has 0 bridgehead atoms. The maximum atomic E-state index is 13.1. The fraction of sp³-hybridized carbons (Fsp3) is 0.519. The van der Waals surface area contributed by atoms with Crippen LogP contribution < -0.4 is 5.32 Å². The molecule has 36 heavy (non-hydrogen) atoms. The second-order valence-corrected chi connectivity index (χ2v) is 9.83. The maximum absolute atomic E-state index is 13.1. The highest BCUT2D eigenvalue weighted by Crippen LogP contribution is 2.30. The van der Waals surface area contributed by atoms with Crippen molar-refractivity contribution >= 4 is 23.6 Å². The number of fused-ring (bicyclic) bond motifs is 1. The van der Waals surface area contributed by atoms with Gasteiger partial charge in [0.15, 0.2) is 6.04 Å². The van der Waals surface area contributed by atoms with Crippen LogP contribution in [0, 0.1) is 5.92 Å². The average Bonchev–Trinajstić information content (AvgIpc) is 2.90. The average molecular weight is 492 g/mol. The number of hydrogen-bond donors (Lipinski definition) is 1. The molecular weight excluding hydrogens is 458 g/mol. The van der Waals surface area contributed by atoms with E-state index in [4.69, 9.17) is 9.72 Å². The molecule has 5 rings (SSSR count). The summed E-state index contributed by atoms with van der Waals surface area (Å²) in [6, 6.07) is 7.01. The van der Waals surface area contributed by atoms with Crippen molar-refractivity contribution < 1.29 is 19.1 Å². The first kappa shape index (κ1) is 24.4. The highest BCUT2D eigenvalue weighted by atomic mass is 16.5. The smallest absolute Gasteiger partial charge is 0.315 e. The molecule has 0 aliphatic carbocycles. The first-order chi connectivity index (χ1) is 17.5. The molecule has 0 aromatic carbocycles. The van der Waals surface area contributed by atoms with Crippen LogP contribution >= 0.6 is 0 Å². The number of pyridine rings is 2. The number of aryl methyl sites for hydroxylation is 1. The van der Waals surface area contributed by atoms with Gasteiger partial charge in [0.1, 0.15) is 11.7 Å². The Kier molecular flexibility index (Phi) is 7.27. The number of anilines is 1. The predicted molar refractivity (Wildman–Crippen MR) is 133 cm³/mol. The third-order valence-corrected chi connectivity index (χ3v) is 7.39. The zero-order valence-electron chi connectivity index (χ0n) is 20.7. The van der Waals surface area contributed by atoms with Crippen LogP contribution in [-0.4, -0.2) is 76.4 Å². The molecule has 5 heterocycles.